The van der Waals surface area contributed by atoms with Gasteiger partial charge in [-0.25, -0.2) is 5.01 Å². The number of rotatable bonds is 9. The Bertz CT molecular complexity index is 1350. The minimum absolute atomic E-state index is 0.154. The van der Waals surface area contributed by atoms with Crippen LogP contribution in [0.15, 0.2) is 65.9 Å². The van der Waals surface area contributed by atoms with E-state index in [-0.39, 0.29) is 37.7 Å². The maximum atomic E-state index is 13.8. The third kappa shape index (κ3) is 5.08. The molecule has 0 fully saturated rings. The van der Waals surface area contributed by atoms with Gasteiger partial charge in [-0.1, -0.05) is 6.07 Å². The zero-order chi connectivity index (χ0) is 26.6. The average Bonchev–Trinajstić information content (AvgIpc) is 3.69. The lowest BCUT2D eigenvalue weighted by atomic mass is 10.00. The van der Waals surface area contributed by atoms with Gasteiger partial charge in [-0.05, 0) is 54.1 Å². The molecule has 0 N–H and O–H groups in total. The smallest absolute Gasteiger partial charge is 0.262 e. The molecule has 0 bridgehead atoms. The fraction of sp³-hybridized carbons (Fsp3) is 0.321. The number of benzene rings is 2. The Balaban J connectivity index is 1.43. The molecule has 1 aromatic heterocycles. The van der Waals surface area contributed by atoms with Gasteiger partial charge in [0, 0.05) is 38.9 Å². The third-order valence-corrected chi connectivity index (χ3v) is 6.70. The lowest BCUT2D eigenvalue weighted by molar-refractivity contribution is -0.133. The van der Waals surface area contributed by atoms with E-state index in [9.17, 15) is 9.59 Å². The summed E-state index contributed by atoms with van der Waals surface area (Å²) in [7, 11) is 5.07. The number of hydrogen-bond acceptors (Lipinski definition) is 7. The van der Waals surface area contributed by atoms with Crippen molar-refractivity contribution in [3.8, 4) is 17.2 Å². The van der Waals surface area contributed by atoms with Crippen molar-refractivity contribution in [2.24, 2.45) is 12.1 Å². The van der Waals surface area contributed by atoms with Crippen LogP contribution in [0.2, 0.25) is 0 Å². The fourth-order valence-corrected chi connectivity index (χ4v) is 4.64. The van der Waals surface area contributed by atoms with E-state index < -0.39 is 0 Å². The molecule has 3 aromatic rings. The first kappa shape index (κ1) is 25.3. The van der Waals surface area contributed by atoms with Gasteiger partial charge in [0.05, 0.1) is 31.2 Å². The van der Waals surface area contributed by atoms with Crippen LogP contribution in [-0.2, 0) is 16.6 Å². The van der Waals surface area contributed by atoms with Crippen molar-refractivity contribution in [2.75, 3.05) is 40.7 Å². The first-order chi connectivity index (χ1) is 18.5. The number of hydrogen-bond donors (Lipinski definition) is 0. The molecule has 0 spiro atoms. The molecule has 3 heterocycles. The van der Waals surface area contributed by atoms with Crippen molar-refractivity contribution < 1.29 is 28.5 Å². The first-order valence-corrected chi connectivity index (χ1v) is 12.3. The molecule has 38 heavy (non-hydrogen) atoms. The monoisotopic (exact) mass is 518 g/mol. The minimum Gasteiger partial charge on any atom is -0.497 e. The molecule has 10 heteroatoms. The van der Waals surface area contributed by atoms with Crippen LogP contribution in [0.25, 0.3) is 0 Å². The summed E-state index contributed by atoms with van der Waals surface area (Å²) in [5.41, 5.74) is 3.05. The normalized spacial score (nSPS) is 15.9. The second kappa shape index (κ2) is 11.0. The standard InChI is InChI=1S/C28H30N4O6/c1-30-12-4-5-23(30)22-16-24(20-8-11-25-26(15-20)38-18-37-25)32(29-22)27(33)17-31(13-14-35-2)28(34)19-6-9-21(36-3)10-7-19/h4-12,15,24H,13-14,16-18H2,1-3H3/t24-/m1/s1. The highest BCUT2D eigenvalue weighted by Crippen LogP contribution is 2.39. The number of hydrazone groups is 1. The van der Waals surface area contributed by atoms with Gasteiger partial charge < -0.3 is 28.4 Å². The molecule has 0 aliphatic carbocycles. The quantitative estimate of drug-likeness (QED) is 0.432. The van der Waals surface area contributed by atoms with Gasteiger partial charge in [0.15, 0.2) is 11.5 Å². The van der Waals surface area contributed by atoms with Crippen LogP contribution in [-0.4, -0.2) is 72.7 Å². The summed E-state index contributed by atoms with van der Waals surface area (Å²) in [6.45, 7) is 0.557. The van der Waals surface area contributed by atoms with E-state index in [2.05, 4.69) is 0 Å². The van der Waals surface area contributed by atoms with Crippen LogP contribution in [0.5, 0.6) is 17.2 Å². The summed E-state index contributed by atoms with van der Waals surface area (Å²) < 4.78 is 23.4. The van der Waals surface area contributed by atoms with Crippen LogP contribution in [0.4, 0.5) is 0 Å². The molecule has 2 amide bonds. The van der Waals surface area contributed by atoms with E-state index in [1.54, 1.807) is 38.5 Å². The maximum Gasteiger partial charge on any atom is 0.262 e. The number of fused-ring (bicyclic) bond motifs is 1. The molecule has 10 nitrogen and oxygen atoms in total. The Morgan fingerprint density at radius 2 is 1.87 bits per heavy atom. The molecule has 198 valence electrons. The van der Waals surface area contributed by atoms with Gasteiger partial charge in [0.2, 0.25) is 6.79 Å². The second-order valence-corrected chi connectivity index (χ2v) is 9.07. The topological polar surface area (TPSA) is 94.8 Å². The Morgan fingerprint density at radius 3 is 2.58 bits per heavy atom. The van der Waals surface area contributed by atoms with Gasteiger partial charge >= 0.3 is 0 Å². The fourth-order valence-electron chi connectivity index (χ4n) is 4.64. The largest absolute Gasteiger partial charge is 0.497 e. The van der Waals surface area contributed by atoms with Crippen molar-refractivity contribution >= 4 is 17.5 Å². The third-order valence-electron chi connectivity index (χ3n) is 6.70. The molecule has 1 atom stereocenters. The van der Waals surface area contributed by atoms with Gasteiger partial charge in [-0.2, -0.15) is 5.10 Å². The Hall–Kier alpha value is -4.31. The molecular formula is C28H30N4O6. The van der Waals surface area contributed by atoms with Crippen LogP contribution >= 0.6 is 0 Å². The highest BCUT2D eigenvalue weighted by molar-refractivity contribution is 6.02. The number of carbonyl (C=O) groups is 2. The SMILES string of the molecule is COCCN(CC(=O)N1N=C(c2cccn2C)C[C@@H]1c1ccc2c(c1)OCO2)C(=O)c1ccc(OC)cc1. The zero-order valence-electron chi connectivity index (χ0n) is 21.6. The van der Waals surface area contributed by atoms with E-state index in [1.165, 1.54) is 9.91 Å². The lowest BCUT2D eigenvalue weighted by Crippen LogP contribution is -2.42. The predicted molar refractivity (Wildman–Crippen MR) is 139 cm³/mol. The van der Waals surface area contributed by atoms with Crippen molar-refractivity contribution in [3.05, 3.63) is 77.6 Å². The lowest BCUT2D eigenvalue weighted by Gasteiger charge is -2.27. The number of carbonyl (C=O) groups excluding carboxylic acids is 2. The molecule has 5 rings (SSSR count). The molecule has 2 aliphatic rings. The highest BCUT2D eigenvalue weighted by atomic mass is 16.7. The summed E-state index contributed by atoms with van der Waals surface area (Å²) in [5, 5.41) is 6.24. The van der Waals surface area contributed by atoms with Crippen molar-refractivity contribution in [2.45, 2.75) is 12.5 Å². The van der Waals surface area contributed by atoms with E-state index in [0.717, 1.165) is 17.0 Å². The molecule has 0 unspecified atom stereocenters. The summed E-state index contributed by atoms with van der Waals surface area (Å²) in [5.74, 6) is 1.38. The van der Waals surface area contributed by atoms with Gasteiger partial charge in [-0.15, -0.1) is 0 Å². The highest BCUT2D eigenvalue weighted by Gasteiger charge is 2.36. The van der Waals surface area contributed by atoms with Crippen LogP contribution in [0, 0.1) is 0 Å². The number of nitrogens with zero attached hydrogens (tertiary/aromatic N) is 4. The summed E-state index contributed by atoms with van der Waals surface area (Å²) in [4.78, 5) is 28.6. The number of aromatic nitrogens is 1. The van der Waals surface area contributed by atoms with Crippen LogP contribution in [0.1, 0.15) is 34.1 Å². The number of methoxy groups -OCH3 is 2. The van der Waals surface area contributed by atoms with E-state index in [4.69, 9.17) is 24.0 Å². The summed E-state index contributed by atoms with van der Waals surface area (Å²) >= 11 is 0. The first-order valence-electron chi connectivity index (χ1n) is 12.3. The predicted octanol–water partition coefficient (Wildman–Crippen LogP) is 3.23. The molecular weight excluding hydrogens is 488 g/mol. The molecule has 0 saturated heterocycles. The van der Waals surface area contributed by atoms with Crippen molar-refractivity contribution in [3.63, 3.8) is 0 Å². The molecule has 0 saturated carbocycles. The van der Waals surface area contributed by atoms with Gasteiger partial charge in [0.25, 0.3) is 11.8 Å². The maximum absolute atomic E-state index is 13.8. The Morgan fingerprint density at radius 1 is 1.08 bits per heavy atom. The molecule has 0 radical (unpaired) electrons. The molecule has 2 aliphatic heterocycles. The van der Waals surface area contributed by atoms with Crippen LogP contribution < -0.4 is 14.2 Å². The summed E-state index contributed by atoms with van der Waals surface area (Å²) in [6, 6.07) is 16.0. The number of ether oxygens (including phenoxy) is 4. The van der Waals surface area contributed by atoms with E-state index in [1.807, 2.05) is 48.1 Å². The van der Waals surface area contributed by atoms with Gasteiger partial charge in [-0.3, -0.25) is 9.59 Å². The minimum atomic E-state index is -0.359. The van der Waals surface area contributed by atoms with E-state index >= 15 is 0 Å². The number of aryl methyl sites for hydroxylation is 1. The van der Waals surface area contributed by atoms with Crippen LogP contribution in [0.3, 0.4) is 0 Å². The summed E-state index contributed by atoms with van der Waals surface area (Å²) in [6.07, 6.45) is 2.46. The second-order valence-electron chi connectivity index (χ2n) is 9.07. The Labute approximate surface area is 220 Å². The zero-order valence-corrected chi connectivity index (χ0v) is 21.6. The molecule has 2 aromatic carbocycles. The average molecular weight is 519 g/mol. The van der Waals surface area contributed by atoms with E-state index in [0.29, 0.717) is 35.8 Å². The Kier molecular flexibility index (Phi) is 7.32. The van der Waals surface area contributed by atoms with Crippen molar-refractivity contribution in [1.29, 1.82) is 0 Å². The van der Waals surface area contributed by atoms with Gasteiger partial charge in [0.1, 0.15) is 12.3 Å². The van der Waals surface area contributed by atoms with Crippen molar-refractivity contribution in [1.82, 2.24) is 14.5 Å². The number of amides is 2.